The normalized spacial score (nSPS) is 16.2. The van der Waals surface area contributed by atoms with Gasteiger partial charge < -0.3 is 9.80 Å². The van der Waals surface area contributed by atoms with Gasteiger partial charge in [0, 0.05) is 37.6 Å². The highest BCUT2D eigenvalue weighted by atomic mass is 15.1. The van der Waals surface area contributed by atoms with Crippen LogP contribution in [-0.4, -0.2) is 26.2 Å². The first-order valence-corrected chi connectivity index (χ1v) is 15.2. The van der Waals surface area contributed by atoms with Crippen molar-refractivity contribution in [1.82, 2.24) is 0 Å². The first-order chi connectivity index (χ1) is 20.8. The highest BCUT2D eigenvalue weighted by Crippen LogP contribution is 2.26. The lowest BCUT2D eigenvalue weighted by Crippen LogP contribution is -2.29. The third kappa shape index (κ3) is 7.58. The summed E-state index contributed by atoms with van der Waals surface area (Å²) >= 11 is 0. The molecule has 0 amide bonds. The van der Waals surface area contributed by atoms with Crippen LogP contribution in [-0.2, 0) is 0 Å². The lowest BCUT2D eigenvalue weighted by molar-refractivity contribution is 0.578. The van der Waals surface area contributed by atoms with Gasteiger partial charge in [-0.3, -0.25) is 0 Å². The number of nitrogens with zero attached hydrogens (tertiary/aromatic N) is 6. The summed E-state index contributed by atoms with van der Waals surface area (Å²) in [4.78, 5) is 4.90. The van der Waals surface area contributed by atoms with Crippen molar-refractivity contribution in [3.8, 4) is 0 Å². The zero-order valence-corrected chi connectivity index (χ0v) is 24.1. The molecule has 2 aliphatic heterocycles. The van der Waals surface area contributed by atoms with Crippen LogP contribution < -0.4 is 9.80 Å². The Labute approximate surface area is 249 Å². The van der Waals surface area contributed by atoms with Gasteiger partial charge in [-0.1, -0.05) is 36.4 Å². The minimum atomic E-state index is 0.836. The van der Waals surface area contributed by atoms with Gasteiger partial charge >= 0.3 is 0 Å². The predicted molar refractivity (Wildman–Crippen MR) is 175 cm³/mol. The maximum Gasteiger partial charge on any atom is 0.0858 e. The van der Waals surface area contributed by atoms with Gasteiger partial charge in [0.2, 0.25) is 0 Å². The summed E-state index contributed by atoms with van der Waals surface area (Å²) in [6.07, 6.45) is 12.0. The van der Waals surface area contributed by atoms with Crippen LogP contribution in [0.15, 0.2) is 118 Å². The van der Waals surface area contributed by atoms with Gasteiger partial charge in [-0.15, -0.1) is 0 Å². The van der Waals surface area contributed by atoms with E-state index in [4.69, 9.17) is 0 Å². The first-order valence-electron chi connectivity index (χ1n) is 15.2. The molecule has 0 unspecified atom stereocenters. The summed E-state index contributed by atoms with van der Waals surface area (Å²) in [6.45, 7) is 4.59. The molecule has 2 saturated heterocycles. The Morgan fingerprint density at radius 1 is 0.357 bits per heavy atom. The van der Waals surface area contributed by atoms with E-state index in [1.165, 1.54) is 49.9 Å². The standard InChI is InChI=1S/C36H38N6/c1-3-25-41(26-4-1)35-21-17-33(18-22-35)39-37-31-13-9-29(10-14-31)7-8-30-11-15-32(16-12-30)38-40-34-19-23-36(24-20-34)42-27-5-2-6-28-42/h7-24H,1-6,25-28H2/b8-7+,39-37+,40-38+. The summed E-state index contributed by atoms with van der Waals surface area (Å²) in [6, 6.07) is 33.0. The van der Waals surface area contributed by atoms with E-state index in [0.29, 0.717) is 0 Å². The van der Waals surface area contributed by atoms with Crippen LogP contribution in [0.2, 0.25) is 0 Å². The average Bonchev–Trinajstić information content (AvgIpc) is 3.08. The summed E-state index contributed by atoms with van der Waals surface area (Å²) in [5.41, 5.74) is 8.18. The zero-order chi connectivity index (χ0) is 28.4. The van der Waals surface area contributed by atoms with Crippen LogP contribution in [0.4, 0.5) is 34.1 Å². The molecule has 42 heavy (non-hydrogen) atoms. The topological polar surface area (TPSA) is 55.9 Å². The molecular formula is C36H38N6. The number of azo groups is 2. The molecule has 2 heterocycles. The van der Waals surface area contributed by atoms with Crippen molar-refractivity contribution in [2.45, 2.75) is 38.5 Å². The molecule has 0 saturated carbocycles. The summed E-state index contributed by atoms with van der Waals surface area (Å²) in [5.74, 6) is 0. The average molecular weight is 555 g/mol. The van der Waals surface area contributed by atoms with Crippen molar-refractivity contribution in [1.29, 1.82) is 0 Å². The van der Waals surface area contributed by atoms with E-state index in [1.807, 2.05) is 48.5 Å². The van der Waals surface area contributed by atoms with Gasteiger partial charge in [-0.2, -0.15) is 20.5 Å². The number of piperidine rings is 2. The van der Waals surface area contributed by atoms with E-state index in [9.17, 15) is 0 Å². The Bertz CT molecular complexity index is 1370. The molecule has 6 nitrogen and oxygen atoms in total. The van der Waals surface area contributed by atoms with Crippen LogP contribution >= 0.6 is 0 Å². The van der Waals surface area contributed by atoms with Crippen LogP contribution in [0.25, 0.3) is 12.2 Å². The van der Waals surface area contributed by atoms with E-state index >= 15 is 0 Å². The molecule has 0 atom stereocenters. The van der Waals surface area contributed by atoms with Gasteiger partial charge in [0.15, 0.2) is 0 Å². The molecule has 6 heteroatoms. The second kappa shape index (κ2) is 13.9. The number of anilines is 2. The number of hydrogen-bond acceptors (Lipinski definition) is 6. The van der Waals surface area contributed by atoms with Crippen LogP contribution in [0.5, 0.6) is 0 Å². The fraction of sp³-hybridized carbons (Fsp3) is 0.278. The molecule has 0 bridgehead atoms. The lowest BCUT2D eigenvalue weighted by Gasteiger charge is -2.28. The Morgan fingerprint density at radius 3 is 0.952 bits per heavy atom. The molecule has 2 fully saturated rings. The molecule has 0 aromatic heterocycles. The van der Waals surface area contributed by atoms with E-state index in [-0.39, 0.29) is 0 Å². The largest absolute Gasteiger partial charge is 0.372 e. The van der Waals surface area contributed by atoms with Crippen molar-refractivity contribution in [3.05, 3.63) is 108 Å². The van der Waals surface area contributed by atoms with E-state index in [2.05, 4.69) is 90.9 Å². The van der Waals surface area contributed by atoms with Crippen molar-refractivity contribution in [2.75, 3.05) is 36.0 Å². The minimum absolute atomic E-state index is 0.836. The van der Waals surface area contributed by atoms with Gasteiger partial charge in [-0.25, -0.2) is 0 Å². The highest BCUT2D eigenvalue weighted by Gasteiger charge is 2.11. The molecule has 0 aliphatic carbocycles. The molecule has 0 spiro atoms. The van der Waals surface area contributed by atoms with Crippen molar-refractivity contribution < 1.29 is 0 Å². The van der Waals surface area contributed by atoms with Crippen LogP contribution in [0, 0.1) is 0 Å². The van der Waals surface area contributed by atoms with Crippen LogP contribution in [0.3, 0.4) is 0 Å². The maximum atomic E-state index is 4.42. The summed E-state index contributed by atoms with van der Waals surface area (Å²) in [7, 11) is 0. The third-order valence-corrected chi connectivity index (χ3v) is 7.96. The predicted octanol–water partition coefficient (Wildman–Crippen LogP) is 10.7. The molecule has 4 aromatic rings. The Hall–Kier alpha value is -4.58. The number of hydrogen-bond donors (Lipinski definition) is 0. The van der Waals surface area contributed by atoms with E-state index in [1.54, 1.807) is 0 Å². The van der Waals surface area contributed by atoms with Crippen molar-refractivity contribution >= 4 is 46.3 Å². The van der Waals surface area contributed by atoms with Gasteiger partial charge in [0.25, 0.3) is 0 Å². The lowest BCUT2D eigenvalue weighted by atomic mass is 10.1. The summed E-state index contributed by atoms with van der Waals surface area (Å²) < 4.78 is 0. The molecule has 4 aromatic carbocycles. The highest BCUT2D eigenvalue weighted by molar-refractivity contribution is 5.71. The molecule has 6 rings (SSSR count). The Morgan fingerprint density at radius 2 is 0.643 bits per heavy atom. The Balaban J connectivity index is 0.996. The van der Waals surface area contributed by atoms with Crippen LogP contribution in [0.1, 0.15) is 49.7 Å². The zero-order valence-electron chi connectivity index (χ0n) is 24.1. The van der Waals surface area contributed by atoms with Gasteiger partial charge in [0.05, 0.1) is 22.7 Å². The summed E-state index contributed by atoms with van der Waals surface area (Å²) in [5, 5.41) is 17.7. The molecule has 212 valence electrons. The minimum Gasteiger partial charge on any atom is -0.372 e. The fourth-order valence-electron chi connectivity index (χ4n) is 5.49. The molecular weight excluding hydrogens is 516 g/mol. The fourth-order valence-corrected chi connectivity index (χ4v) is 5.49. The second-order valence-corrected chi connectivity index (χ2v) is 11.0. The monoisotopic (exact) mass is 554 g/mol. The van der Waals surface area contributed by atoms with E-state index < -0.39 is 0 Å². The molecule has 2 aliphatic rings. The SMILES string of the molecule is C(=C\c1ccc(/N=N/c2ccc(N3CCCCC3)cc2)cc1)/c1ccc(/N=N/c2ccc(N3CCCCC3)cc2)cc1. The van der Waals surface area contributed by atoms with Gasteiger partial charge in [-0.05, 0) is 122 Å². The number of rotatable bonds is 8. The molecule has 0 radical (unpaired) electrons. The van der Waals surface area contributed by atoms with Crippen molar-refractivity contribution in [3.63, 3.8) is 0 Å². The first kappa shape index (κ1) is 27.6. The van der Waals surface area contributed by atoms with Crippen molar-refractivity contribution in [2.24, 2.45) is 20.5 Å². The maximum absolute atomic E-state index is 4.42. The van der Waals surface area contributed by atoms with E-state index in [0.717, 1.165) is 60.1 Å². The number of benzene rings is 4. The quantitative estimate of drug-likeness (QED) is 0.161. The smallest absolute Gasteiger partial charge is 0.0858 e. The second-order valence-electron chi connectivity index (χ2n) is 11.0. The Kier molecular flexibility index (Phi) is 9.10. The van der Waals surface area contributed by atoms with Gasteiger partial charge in [0.1, 0.15) is 0 Å². The third-order valence-electron chi connectivity index (χ3n) is 7.96. The molecule has 0 N–H and O–H groups in total.